The fraction of sp³-hybridized carbons (Fsp3) is 0.250. The zero-order valence-corrected chi connectivity index (χ0v) is 11.6. The molecule has 0 aliphatic rings. The van der Waals surface area contributed by atoms with Gasteiger partial charge in [-0.1, -0.05) is 12.1 Å². The van der Waals surface area contributed by atoms with Gasteiger partial charge in [-0.25, -0.2) is 0 Å². The quantitative estimate of drug-likeness (QED) is 0.818. The largest absolute Gasteiger partial charge is 0.399 e. The van der Waals surface area contributed by atoms with Gasteiger partial charge in [-0.15, -0.1) is 0 Å². The maximum Gasteiger partial charge on any atom is 0.220 e. The van der Waals surface area contributed by atoms with Gasteiger partial charge in [0.15, 0.2) is 0 Å². The van der Waals surface area contributed by atoms with Crippen molar-refractivity contribution in [2.24, 2.45) is 0 Å². The van der Waals surface area contributed by atoms with E-state index in [9.17, 15) is 4.79 Å². The zero-order chi connectivity index (χ0) is 14.4. The maximum atomic E-state index is 11.8. The Morgan fingerprint density at radius 2 is 2.00 bits per heavy atom. The van der Waals surface area contributed by atoms with Crippen molar-refractivity contribution in [1.29, 1.82) is 0 Å². The second kappa shape index (κ2) is 6.70. The molecule has 0 aliphatic heterocycles. The average molecular weight is 269 g/mol. The standard InChI is InChI=1S/C16H19N3O/c1-12-10-18-9-8-14(12)11-19-16(20)7-4-13-2-5-15(17)6-3-13/h2-3,5-6,8-10H,4,7,11,17H2,1H3,(H,19,20). The Kier molecular flexibility index (Phi) is 4.71. The third-order valence-corrected chi connectivity index (χ3v) is 3.23. The van der Waals surface area contributed by atoms with Crippen LogP contribution in [-0.4, -0.2) is 10.9 Å². The topological polar surface area (TPSA) is 68.0 Å². The van der Waals surface area contributed by atoms with Gasteiger partial charge in [0.1, 0.15) is 0 Å². The Hall–Kier alpha value is -2.36. The molecule has 0 saturated heterocycles. The van der Waals surface area contributed by atoms with Crippen molar-refractivity contribution >= 4 is 11.6 Å². The smallest absolute Gasteiger partial charge is 0.220 e. The lowest BCUT2D eigenvalue weighted by atomic mass is 10.1. The van der Waals surface area contributed by atoms with Crippen molar-refractivity contribution in [2.45, 2.75) is 26.3 Å². The van der Waals surface area contributed by atoms with E-state index in [0.717, 1.165) is 28.8 Å². The molecule has 0 fully saturated rings. The summed E-state index contributed by atoms with van der Waals surface area (Å²) in [6.45, 7) is 2.54. The van der Waals surface area contributed by atoms with Crippen LogP contribution in [0.1, 0.15) is 23.1 Å². The lowest BCUT2D eigenvalue weighted by Crippen LogP contribution is -2.23. The molecule has 0 aliphatic carbocycles. The highest BCUT2D eigenvalue weighted by Crippen LogP contribution is 2.08. The van der Waals surface area contributed by atoms with Crippen LogP contribution in [0.3, 0.4) is 0 Å². The Balaban J connectivity index is 1.78. The number of rotatable bonds is 5. The molecule has 0 unspecified atom stereocenters. The number of nitrogens with zero attached hydrogens (tertiary/aromatic N) is 1. The Morgan fingerprint density at radius 1 is 1.25 bits per heavy atom. The summed E-state index contributed by atoms with van der Waals surface area (Å²) in [4.78, 5) is 15.8. The van der Waals surface area contributed by atoms with Crippen LogP contribution in [0.4, 0.5) is 5.69 Å². The minimum Gasteiger partial charge on any atom is -0.399 e. The Bertz CT molecular complexity index is 579. The van der Waals surface area contributed by atoms with Crippen LogP contribution in [0.25, 0.3) is 0 Å². The third-order valence-electron chi connectivity index (χ3n) is 3.23. The Labute approximate surface area is 119 Å². The van der Waals surface area contributed by atoms with E-state index in [1.807, 2.05) is 37.3 Å². The minimum atomic E-state index is 0.0537. The second-order valence-electron chi connectivity index (χ2n) is 4.82. The number of pyridine rings is 1. The molecule has 1 aromatic carbocycles. The van der Waals surface area contributed by atoms with Gasteiger partial charge in [0.25, 0.3) is 0 Å². The molecule has 2 rings (SSSR count). The molecule has 104 valence electrons. The van der Waals surface area contributed by atoms with Gasteiger partial charge >= 0.3 is 0 Å². The van der Waals surface area contributed by atoms with Gasteiger partial charge in [0, 0.05) is 31.0 Å². The van der Waals surface area contributed by atoms with Crippen LogP contribution in [0.15, 0.2) is 42.7 Å². The molecule has 1 aromatic heterocycles. The summed E-state index contributed by atoms with van der Waals surface area (Å²) >= 11 is 0. The summed E-state index contributed by atoms with van der Waals surface area (Å²) in [6, 6.07) is 9.54. The number of nitrogens with one attached hydrogen (secondary N) is 1. The highest BCUT2D eigenvalue weighted by molar-refractivity contribution is 5.76. The van der Waals surface area contributed by atoms with Gasteiger partial charge in [0.05, 0.1) is 0 Å². The van der Waals surface area contributed by atoms with Crippen molar-refractivity contribution in [3.63, 3.8) is 0 Å². The molecule has 0 atom stereocenters. The number of carbonyl (C=O) groups is 1. The predicted octanol–water partition coefficient (Wildman–Crippen LogP) is 2.22. The van der Waals surface area contributed by atoms with Crippen molar-refractivity contribution < 1.29 is 4.79 Å². The molecule has 2 aromatic rings. The molecule has 0 bridgehead atoms. The lowest BCUT2D eigenvalue weighted by molar-refractivity contribution is -0.121. The zero-order valence-electron chi connectivity index (χ0n) is 11.6. The number of carbonyl (C=O) groups excluding carboxylic acids is 1. The molecule has 1 heterocycles. The molecule has 4 heteroatoms. The first-order chi connectivity index (χ1) is 9.65. The van der Waals surface area contributed by atoms with Crippen LogP contribution >= 0.6 is 0 Å². The molecule has 1 amide bonds. The molecule has 3 N–H and O–H groups in total. The first-order valence-electron chi connectivity index (χ1n) is 6.66. The van der Waals surface area contributed by atoms with E-state index in [2.05, 4.69) is 10.3 Å². The highest BCUT2D eigenvalue weighted by Gasteiger charge is 2.04. The Morgan fingerprint density at radius 3 is 2.70 bits per heavy atom. The van der Waals surface area contributed by atoms with E-state index in [0.29, 0.717) is 13.0 Å². The summed E-state index contributed by atoms with van der Waals surface area (Å²) < 4.78 is 0. The van der Waals surface area contributed by atoms with Crippen molar-refractivity contribution in [3.05, 3.63) is 59.4 Å². The fourth-order valence-electron chi connectivity index (χ4n) is 1.92. The monoisotopic (exact) mass is 269 g/mol. The number of nitrogen functional groups attached to an aromatic ring is 1. The van der Waals surface area contributed by atoms with Crippen molar-refractivity contribution in [2.75, 3.05) is 5.73 Å². The van der Waals surface area contributed by atoms with Gasteiger partial charge < -0.3 is 11.1 Å². The van der Waals surface area contributed by atoms with Crippen LogP contribution < -0.4 is 11.1 Å². The van der Waals surface area contributed by atoms with E-state index < -0.39 is 0 Å². The van der Waals surface area contributed by atoms with Crippen molar-refractivity contribution in [1.82, 2.24) is 10.3 Å². The van der Waals surface area contributed by atoms with Crippen LogP contribution in [0, 0.1) is 6.92 Å². The first-order valence-corrected chi connectivity index (χ1v) is 6.66. The molecule has 20 heavy (non-hydrogen) atoms. The fourth-order valence-corrected chi connectivity index (χ4v) is 1.92. The van der Waals surface area contributed by atoms with E-state index in [4.69, 9.17) is 5.73 Å². The first kappa shape index (κ1) is 14.1. The number of anilines is 1. The van der Waals surface area contributed by atoms with Crippen LogP contribution in [0.2, 0.25) is 0 Å². The number of amides is 1. The SMILES string of the molecule is Cc1cnccc1CNC(=O)CCc1ccc(N)cc1. The number of hydrogen-bond acceptors (Lipinski definition) is 3. The maximum absolute atomic E-state index is 11.8. The molecule has 0 saturated carbocycles. The molecular weight excluding hydrogens is 250 g/mol. The number of benzene rings is 1. The summed E-state index contributed by atoms with van der Waals surface area (Å²) in [5, 5.41) is 2.93. The van der Waals surface area contributed by atoms with Gasteiger partial charge in [0.2, 0.25) is 5.91 Å². The molecule has 0 radical (unpaired) electrons. The summed E-state index contributed by atoms with van der Waals surface area (Å²) in [5.41, 5.74) is 9.67. The molecule has 4 nitrogen and oxygen atoms in total. The van der Waals surface area contributed by atoms with Gasteiger partial charge in [-0.05, 0) is 48.2 Å². The van der Waals surface area contributed by atoms with Crippen LogP contribution in [0.5, 0.6) is 0 Å². The average Bonchev–Trinajstić information content (AvgIpc) is 2.46. The van der Waals surface area contributed by atoms with E-state index in [1.165, 1.54) is 0 Å². The number of aryl methyl sites for hydroxylation is 2. The lowest BCUT2D eigenvalue weighted by Gasteiger charge is -2.07. The molecular formula is C16H19N3O. The van der Waals surface area contributed by atoms with Crippen molar-refractivity contribution in [3.8, 4) is 0 Å². The van der Waals surface area contributed by atoms with Crippen LogP contribution in [-0.2, 0) is 17.8 Å². The van der Waals surface area contributed by atoms with E-state index >= 15 is 0 Å². The normalized spacial score (nSPS) is 10.2. The number of nitrogens with two attached hydrogens (primary N) is 1. The third kappa shape index (κ3) is 4.09. The van der Waals surface area contributed by atoms with E-state index in [1.54, 1.807) is 12.4 Å². The minimum absolute atomic E-state index is 0.0537. The van der Waals surface area contributed by atoms with Gasteiger partial charge in [-0.2, -0.15) is 0 Å². The van der Waals surface area contributed by atoms with E-state index in [-0.39, 0.29) is 5.91 Å². The second-order valence-corrected chi connectivity index (χ2v) is 4.82. The number of hydrogen-bond donors (Lipinski definition) is 2. The predicted molar refractivity (Wildman–Crippen MR) is 80.0 cm³/mol. The summed E-state index contributed by atoms with van der Waals surface area (Å²) in [7, 11) is 0. The highest BCUT2D eigenvalue weighted by atomic mass is 16.1. The molecule has 0 spiro atoms. The van der Waals surface area contributed by atoms with Gasteiger partial charge in [-0.3, -0.25) is 9.78 Å². The summed E-state index contributed by atoms with van der Waals surface area (Å²) in [6.07, 6.45) is 4.74. The summed E-state index contributed by atoms with van der Waals surface area (Å²) in [5.74, 6) is 0.0537. The number of aromatic nitrogens is 1.